The first-order valence-corrected chi connectivity index (χ1v) is 3.69. The Balaban J connectivity index is 3.35. The molecule has 0 rings (SSSR count). The first kappa shape index (κ1) is 8.10. The lowest BCUT2D eigenvalue weighted by atomic mass is 10.6. The standard InChI is InChI=1S/C4H13NO2Si/c1-6-4(7-2)3(5)8/h3-4H,5H2,1-2,8H3. The number of methoxy groups -OCH3 is 2. The highest BCUT2D eigenvalue weighted by atomic mass is 28.1. The van der Waals surface area contributed by atoms with Crippen LogP contribution in [0, 0.1) is 0 Å². The molecule has 0 fully saturated rings. The third kappa shape index (κ3) is 2.42. The Morgan fingerprint density at radius 2 is 1.75 bits per heavy atom. The molecule has 0 heterocycles. The molecule has 8 heavy (non-hydrogen) atoms. The minimum absolute atomic E-state index is 0.0741. The zero-order valence-corrected chi connectivity index (χ0v) is 7.55. The maximum absolute atomic E-state index is 5.47. The van der Waals surface area contributed by atoms with E-state index in [1.807, 2.05) is 0 Å². The van der Waals surface area contributed by atoms with Crippen molar-refractivity contribution in [3.8, 4) is 0 Å². The van der Waals surface area contributed by atoms with Crippen LogP contribution in [-0.2, 0) is 9.47 Å². The van der Waals surface area contributed by atoms with Crippen molar-refractivity contribution < 1.29 is 9.47 Å². The van der Waals surface area contributed by atoms with E-state index < -0.39 is 0 Å². The molecule has 0 aliphatic rings. The second-order valence-electron chi connectivity index (χ2n) is 1.70. The van der Waals surface area contributed by atoms with Crippen molar-refractivity contribution in [3.05, 3.63) is 0 Å². The van der Waals surface area contributed by atoms with E-state index in [1.165, 1.54) is 0 Å². The minimum atomic E-state index is -0.207. The van der Waals surface area contributed by atoms with Gasteiger partial charge in [0.15, 0.2) is 6.29 Å². The van der Waals surface area contributed by atoms with Gasteiger partial charge in [-0.15, -0.1) is 0 Å². The molecule has 0 radical (unpaired) electrons. The van der Waals surface area contributed by atoms with E-state index in [0.29, 0.717) is 0 Å². The summed E-state index contributed by atoms with van der Waals surface area (Å²) in [6, 6.07) is 0. The lowest BCUT2D eigenvalue weighted by molar-refractivity contribution is -0.102. The van der Waals surface area contributed by atoms with Gasteiger partial charge in [0.05, 0.1) is 0 Å². The third-order valence-corrected chi connectivity index (χ3v) is 1.44. The summed E-state index contributed by atoms with van der Waals surface area (Å²) in [6.45, 7) is 0. The van der Waals surface area contributed by atoms with Gasteiger partial charge >= 0.3 is 0 Å². The van der Waals surface area contributed by atoms with Crippen LogP contribution in [0.4, 0.5) is 0 Å². The molecular formula is C4H13NO2Si. The molecule has 50 valence electrons. The van der Waals surface area contributed by atoms with E-state index in [9.17, 15) is 0 Å². The Morgan fingerprint density at radius 3 is 1.75 bits per heavy atom. The fraction of sp³-hybridized carbons (Fsp3) is 1.00. The van der Waals surface area contributed by atoms with Crippen molar-refractivity contribution >= 4 is 10.2 Å². The second-order valence-corrected chi connectivity index (χ2v) is 3.03. The summed E-state index contributed by atoms with van der Waals surface area (Å²) >= 11 is 0. The van der Waals surface area contributed by atoms with Gasteiger partial charge in [-0.1, -0.05) is 0 Å². The molecule has 2 N–H and O–H groups in total. The smallest absolute Gasteiger partial charge is 0.168 e. The third-order valence-electron chi connectivity index (χ3n) is 0.894. The Labute approximate surface area is 52.6 Å². The number of hydrogen-bond donors (Lipinski definition) is 1. The van der Waals surface area contributed by atoms with Crippen molar-refractivity contribution in [1.82, 2.24) is 0 Å². The molecule has 3 nitrogen and oxygen atoms in total. The first-order valence-electron chi connectivity index (χ1n) is 2.53. The predicted molar refractivity (Wildman–Crippen MR) is 35.7 cm³/mol. The molecule has 1 unspecified atom stereocenters. The Morgan fingerprint density at radius 1 is 1.38 bits per heavy atom. The molecular weight excluding hydrogens is 122 g/mol. The molecule has 0 aromatic carbocycles. The van der Waals surface area contributed by atoms with Crippen molar-refractivity contribution in [2.75, 3.05) is 14.2 Å². The van der Waals surface area contributed by atoms with Crippen molar-refractivity contribution in [3.63, 3.8) is 0 Å². The van der Waals surface area contributed by atoms with Gasteiger partial charge < -0.3 is 15.2 Å². The molecule has 0 aliphatic heterocycles. The number of nitrogens with two attached hydrogens (primary N) is 1. The fourth-order valence-corrected chi connectivity index (χ4v) is 1.07. The van der Waals surface area contributed by atoms with Gasteiger partial charge in [-0.25, -0.2) is 0 Å². The van der Waals surface area contributed by atoms with Crippen molar-refractivity contribution in [2.24, 2.45) is 5.73 Å². The Hall–Kier alpha value is 0.0969. The predicted octanol–water partition coefficient (Wildman–Crippen LogP) is -1.74. The maximum atomic E-state index is 5.47. The molecule has 0 saturated carbocycles. The van der Waals surface area contributed by atoms with Crippen LogP contribution in [-0.4, -0.2) is 36.4 Å². The SMILES string of the molecule is COC(OC)C(N)[SiH3]. The van der Waals surface area contributed by atoms with Crippen LogP contribution in [0.2, 0.25) is 0 Å². The highest BCUT2D eigenvalue weighted by Crippen LogP contribution is 1.90. The van der Waals surface area contributed by atoms with Crippen molar-refractivity contribution in [2.45, 2.75) is 12.0 Å². The van der Waals surface area contributed by atoms with Gasteiger partial charge in [0, 0.05) is 30.1 Å². The van der Waals surface area contributed by atoms with Crippen LogP contribution >= 0.6 is 0 Å². The average Bonchev–Trinajstić information content (AvgIpc) is 1.69. The summed E-state index contributed by atoms with van der Waals surface area (Å²) in [5, 5.41) is 0. The fourth-order valence-electron chi connectivity index (χ4n) is 0.526. The van der Waals surface area contributed by atoms with Crippen LogP contribution in [0.1, 0.15) is 0 Å². The summed E-state index contributed by atoms with van der Waals surface area (Å²) in [4.78, 5) is 0. The van der Waals surface area contributed by atoms with Gasteiger partial charge in [-0.3, -0.25) is 0 Å². The average molecular weight is 135 g/mol. The van der Waals surface area contributed by atoms with Crippen LogP contribution in [0.5, 0.6) is 0 Å². The van der Waals surface area contributed by atoms with Crippen LogP contribution < -0.4 is 5.73 Å². The van der Waals surface area contributed by atoms with Gasteiger partial charge in [0.2, 0.25) is 0 Å². The van der Waals surface area contributed by atoms with E-state index >= 15 is 0 Å². The van der Waals surface area contributed by atoms with Crippen molar-refractivity contribution in [1.29, 1.82) is 0 Å². The summed E-state index contributed by atoms with van der Waals surface area (Å²) in [5.41, 5.74) is 5.54. The molecule has 4 heteroatoms. The molecule has 0 amide bonds. The lowest BCUT2D eigenvalue weighted by Gasteiger charge is -2.16. The summed E-state index contributed by atoms with van der Waals surface area (Å²) in [7, 11) is 4.08. The van der Waals surface area contributed by atoms with E-state index in [4.69, 9.17) is 15.2 Å². The summed E-state index contributed by atoms with van der Waals surface area (Å²) in [5.74, 6) is 0. The largest absolute Gasteiger partial charge is 0.355 e. The van der Waals surface area contributed by atoms with Gasteiger partial charge in [0.1, 0.15) is 0 Å². The molecule has 1 atom stereocenters. The van der Waals surface area contributed by atoms with Crippen LogP contribution in [0.3, 0.4) is 0 Å². The molecule has 0 aromatic rings. The summed E-state index contributed by atoms with van der Waals surface area (Å²) < 4.78 is 9.70. The Bertz CT molecular complexity index is 56.0. The van der Waals surface area contributed by atoms with Gasteiger partial charge in [-0.05, 0) is 0 Å². The quantitative estimate of drug-likeness (QED) is 0.369. The number of hydrogen-bond acceptors (Lipinski definition) is 3. The highest BCUT2D eigenvalue weighted by molar-refractivity contribution is 6.11. The normalized spacial score (nSPS) is 15.0. The molecule has 0 bridgehead atoms. The molecule has 0 aliphatic carbocycles. The van der Waals surface area contributed by atoms with Gasteiger partial charge in [0.25, 0.3) is 0 Å². The van der Waals surface area contributed by atoms with E-state index in [-0.39, 0.29) is 12.0 Å². The van der Waals surface area contributed by atoms with Gasteiger partial charge in [-0.2, -0.15) is 0 Å². The van der Waals surface area contributed by atoms with Crippen LogP contribution in [0.25, 0.3) is 0 Å². The molecule has 0 spiro atoms. The van der Waals surface area contributed by atoms with E-state index in [1.54, 1.807) is 14.2 Å². The van der Waals surface area contributed by atoms with E-state index in [2.05, 4.69) is 0 Å². The zero-order valence-electron chi connectivity index (χ0n) is 5.55. The molecule has 0 aromatic heterocycles. The Kier molecular flexibility index (Phi) is 4.07. The minimum Gasteiger partial charge on any atom is -0.355 e. The topological polar surface area (TPSA) is 44.5 Å². The van der Waals surface area contributed by atoms with E-state index in [0.717, 1.165) is 10.2 Å². The second kappa shape index (κ2) is 4.02. The number of ether oxygens (including phenoxy) is 2. The number of rotatable bonds is 3. The first-order chi connectivity index (χ1) is 3.72. The van der Waals surface area contributed by atoms with Crippen LogP contribution in [0.15, 0.2) is 0 Å². The highest BCUT2D eigenvalue weighted by Gasteiger charge is 2.08. The lowest BCUT2D eigenvalue weighted by Crippen LogP contribution is -2.37. The monoisotopic (exact) mass is 135 g/mol. The zero-order chi connectivity index (χ0) is 6.57. The maximum Gasteiger partial charge on any atom is 0.168 e. The summed E-state index contributed by atoms with van der Waals surface area (Å²) in [6.07, 6.45) is -0.207. The molecule has 0 saturated heterocycles.